The zero-order valence-corrected chi connectivity index (χ0v) is 10.5. The number of fused-ring (bicyclic) bond motifs is 1. The van der Waals surface area contributed by atoms with Crippen LogP contribution in [0.3, 0.4) is 0 Å². The molecule has 18 heavy (non-hydrogen) atoms. The smallest absolute Gasteiger partial charge is 0.0832 e. The van der Waals surface area contributed by atoms with E-state index in [1.807, 2.05) is 12.1 Å². The molecule has 1 atom stereocenters. The fourth-order valence-corrected chi connectivity index (χ4v) is 3.05. The van der Waals surface area contributed by atoms with E-state index in [0.29, 0.717) is 5.92 Å². The maximum absolute atomic E-state index is 9.31. The molecular weight excluding hydrogens is 222 g/mol. The Bertz CT molecular complexity index is 529. The van der Waals surface area contributed by atoms with Crippen molar-refractivity contribution in [2.75, 3.05) is 0 Å². The van der Waals surface area contributed by atoms with Gasteiger partial charge in [0.15, 0.2) is 0 Å². The molecular formula is C16H19NO. The third kappa shape index (κ3) is 2.08. The molecule has 0 amide bonds. The summed E-state index contributed by atoms with van der Waals surface area (Å²) in [6, 6.07) is 12.8. The first-order chi connectivity index (χ1) is 8.88. The molecule has 1 unspecified atom stereocenters. The van der Waals surface area contributed by atoms with Gasteiger partial charge in [-0.15, -0.1) is 0 Å². The quantitative estimate of drug-likeness (QED) is 0.877. The molecule has 0 bridgehead atoms. The van der Waals surface area contributed by atoms with Gasteiger partial charge in [-0.05, 0) is 42.5 Å². The minimum Gasteiger partial charge on any atom is -0.390 e. The van der Waals surface area contributed by atoms with Crippen LogP contribution < -0.4 is 0 Å². The Morgan fingerprint density at radius 1 is 1.17 bits per heavy atom. The van der Waals surface area contributed by atoms with Crippen LogP contribution in [0.5, 0.6) is 0 Å². The van der Waals surface area contributed by atoms with Crippen molar-refractivity contribution in [1.82, 2.24) is 4.57 Å². The average molecular weight is 241 g/mol. The Morgan fingerprint density at radius 3 is 2.94 bits per heavy atom. The minimum atomic E-state index is 0.126. The Hall–Kier alpha value is -1.54. The van der Waals surface area contributed by atoms with Crippen molar-refractivity contribution in [2.45, 2.75) is 38.3 Å². The average Bonchev–Trinajstić information content (AvgIpc) is 2.86. The fraction of sp³-hybridized carbons (Fsp3) is 0.375. The molecule has 94 valence electrons. The van der Waals surface area contributed by atoms with Crippen LogP contribution in [0.1, 0.15) is 35.6 Å². The van der Waals surface area contributed by atoms with Crippen molar-refractivity contribution >= 4 is 0 Å². The van der Waals surface area contributed by atoms with Gasteiger partial charge in [-0.2, -0.15) is 0 Å². The highest BCUT2D eigenvalue weighted by Crippen LogP contribution is 2.32. The van der Waals surface area contributed by atoms with Gasteiger partial charge in [0, 0.05) is 24.4 Å². The third-order valence-electron chi connectivity index (χ3n) is 4.00. The van der Waals surface area contributed by atoms with E-state index in [1.54, 1.807) is 0 Å². The van der Waals surface area contributed by atoms with Gasteiger partial charge >= 0.3 is 0 Å². The monoisotopic (exact) mass is 241 g/mol. The first-order valence-corrected chi connectivity index (χ1v) is 6.71. The Morgan fingerprint density at radius 2 is 2.06 bits per heavy atom. The van der Waals surface area contributed by atoms with Crippen LogP contribution >= 0.6 is 0 Å². The summed E-state index contributed by atoms with van der Waals surface area (Å²) in [4.78, 5) is 0. The SMILES string of the molecule is OCc1cccn1CC1CCCc2ccccc21. The fourth-order valence-electron chi connectivity index (χ4n) is 3.05. The molecule has 0 saturated carbocycles. The van der Waals surface area contributed by atoms with Gasteiger partial charge in [0.25, 0.3) is 0 Å². The van der Waals surface area contributed by atoms with Crippen LogP contribution in [0.4, 0.5) is 0 Å². The number of aryl methyl sites for hydroxylation is 1. The van der Waals surface area contributed by atoms with E-state index in [1.165, 1.54) is 30.4 Å². The molecule has 0 fully saturated rings. The first-order valence-electron chi connectivity index (χ1n) is 6.71. The predicted octanol–water partition coefficient (Wildman–Crippen LogP) is 3.10. The zero-order chi connectivity index (χ0) is 12.4. The van der Waals surface area contributed by atoms with Crippen molar-refractivity contribution < 1.29 is 5.11 Å². The second kappa shape index (κ2) is 4.99. The molecule has 1 N–H and O–H groups in total. The molecule has 2 nitrogen and oxygen atoms in total. The van der Waals surface area contributed by atoms with Gasteiger partial charge in [-0.3, -0.25) is 0 Å². The molecule has 1 heterocycles. The number of aromatic nitrogens is 1. The van der Waals surface area contributed by atoms with Crippen molar-refractivity contribution in [2.24, 2.45) is 0 Å². The van der Waals surface area contributed by atoms with E-state index in [2.05, 4.69) is 35.0 Å². The van der Waals surface area contributed by atoms with E-state index in [4.69, 9.17) is 0 Å². The zero-order valence-electron chi connectivity index (χ0n) is 10.5. The topological polar surface area (TPSA) is 25.2 Å². The second-order valence-corrected chi connectivity index (χ2v) is 5.10. The van der Waals surface area contributed by atoms with Crippen molar-refractivity contribution in [3.8, 4) is 0 Å². The third-order valence-corrected chi connectivity index (χ3v) is 4.00. The Balaban J connectivity index is 1.86. The lowest BCUT2D eigenvalue weighted by atomic mass is 9.83. The molecule has 0 radical (unpaired) electrons. The highest BCUT2D eigenvalue weighted by molar-refractivity contribution is 5.32. The lowest BCUT2D eigenvalue weighted by Crippen LogP contribution is -2.16. The van der Waals surface area contributed by atoms with Crippen molar-refractivity contribution in [3.63, 3.8) is 0 Å². The Kier molecular flexibility index (Phi) is 3.20. The molecule has 0 saturated heterocycles. The summed E-state index contributed by atoms with van der Waals surface area (Å²) in [5.74, 6) is 0.590. The van der Waals surface area contributed by atoms with Gasteiger partial charge < -0.3 is 9.67 Å². The number of nitrogens with zero attached hydrogens (tertiary/aromatic N) is 1. The first kappa shape index (κ1) is 11.5. The molecule has 3 rings (SSSR count). The summed E-state index contributed by atoms with van der Waals surface area (Å²) in [5.41, 5.74) is 4.02. The molecule has 1 aliphatic rings. The van der Waals surface area contributed by atoms with Crippen LogP contribution in [-0.4, -0.2) is 9.67 Å². The van der Waals surface area contributed by atoms with E-state index in [0.717, 1.165) is 12.2 Å². The molecule has 2 aromatic rings. The summed E-state index contributed by atoms with van der Waals surface area (Å²) in [6.07, 6.45) is 5.81. The molecule has 0 aliphatic heterocycles. The largest absolute Gasteiger partial charge is 0.390 e. The van der Waals surface area contributed by atoms with E-state index in [-0.39, 0.29) is 6.61 Å². The number of benzene rings is 1. The van der Waals surface area contributed by atoms with Crippen molar-refractivity contribution in [3.05, 3.63) is 59.4 Å². The molecule has 2 heteroatoms. The molecule has 1 aliphatic carbocycles. The van der Waals surface area contributed by atoms with E-state index in [9.17, 15) is 5.11 Å². The highest BCUT2D eigenvalue weighted by Gasteiger charge is 2.20. The van der Waals surface area contributed by atoms with Gasteiger partial charge in [0.05, 0.1) is 6.61 Å². The molecule has 1 aromatic heterocycles. The summed E-state index contributed by atoms with van der Waals surface area (Å²) < 4.78 is 2.19. The summed E-state index contributed by atoms with van der Waals surface area (Å²) in [7, 11) is 0. The van der Waals surface area contributed by atoms with Crippen LogP contribution in [0.25, 0.3) is 0 Å². The lowest BCUT2D eigenvalue weighted by Gasteiger charge is -2.26. The van der Waals surface area contributed by atoms with E-state index < -0.39 is 0 Å². The van der Waals surface area contributed by atoms with Crippen LogP contribution in [0.2, 0.25) is 0 Å². The minimum absolute atomic E-state index is 0.126. The maximum atomic E-state index is 9.31. The molecule has 1 aromatic carbocycles. The second-order valence-electron chi connectivity index (χ2n) is 5.10. The lowest BCUT2D eigenvalue weighted by molar-refractivity contribution is 0.268. The van der Waals surface area contributed by atoms with Crippen LogP contribution in [0.15, 0.2) is 42.6 Å². The van der Waals surface area contributed by atoms with E-state index >= 15 is 0 Å². The number of hydrogen-bond acceptors (Lipinski definition) is 1. The predicted molar refractivity (Wildman–Crippen MR) is 72.5 cm³/mol. The molecule has 0 spiro atoms. The van der Waals surface area contributed by atoms with Gasteiger partial charge in [-0.1, -0.05) is 24.3 Å². The van der Waals surface area contributed by atoms with Crippen LogP contribution in [-0.2, 0) is 19.6 Å². The normalized spacial score (nSPS) is 18.6. The standard InChI is InChI=1S/C16H19NO/c18-12-15-8-4-10-17(15)11-14-7-3-6-13-5-1-2-9-16(13)14/h1-2,4-5,8-10,14,18H,3,6-7,11-12H2. The number of aliphatic hydroxyl groups is 1. The summed E-state index contributed by atoms with van der Waals surface area (Å²) in [6.45, 7) is 1.11. The van der Waals surface area contributed by atoms with Gasteiger partial charge in [0.1, 0.15) is 0 Å². The summed E-state index contributed by atoms with van der Waals surface area (Å²) in [5, 5.41) is 9.31. The van der Waals surface area contributed by atoms with Crippen molar-refractivity contribution in [1.29, 1.82) is 0 Å². The highest BCUT2D eigenvalue weighted by atomic mass is 16.3. The maximum Gasteiger partial charge on any atom is 0.0832 e. The van der Waals surface area contributed by atoms with Gasteiger partial charge in [0.2, 0.25) is 0 Å². The number of hydrogen-bond donors (Lipinski definition) is 1. The number of rotatable bonds is 3. The number of aliphatic hydroxyl groups excluding tert-OH is 1. The Labute approximate surface area is 108 Å². The van der Waals surface area contributed by atoms with Crippen LogP contribution in [0, 0.1) is 0 Å². The van der Waals surface area contributed by atoms with Gasteiger partial charge in [-0.25, -0.2) is 0 Å². The summed E-state index contributed by atoms with van der Waals surface area (Å²) >= 11 is 0.